The van der Waals surface area contributed by atoms with E-state index in [1.54, 1.807) is 0 Å². The Morgan fingerprint density at radius 3 is 2.78 bits per heavy atom. The van der Waals surface area contributed by atoms with Crippen LogP contribution >= 0.6 is 0 Å². The standard InChI is InChI=1S/C14H23NO3/c16-13(17)14-5-1-2-12(14)9-15(10-14)8-11-3-6-18-7-4-11/h11-12H,1-10H2,(H,16,17)/t12-,14+/m0/s1. The number of carbonyl (C=O) groups is 1. The van der Waals surface area contributed by atoms with Crippen molar-refractivity contribution >= 4 is 5.97 Å². The molecule has 4 heteroatoms. The molecule has 0 amide bonds. The van der Waals surface area contributed by atoms with E-state index in [4.69, 9.17) is 4.74 Å². The molecule has 1 N–H and O–H groups in total. The van der Waals surface area contributed by atoms with E-state index in [9.17, 15) is 9.90 Å². The van der Waals surface area contributed by atoms with Crippen molar-refractivity contribution in [3.8, 4) is 0 Å². The van der Waals surface area contributed by atoms with E-state index in [1.807, 2.05) is 0 Å². The van der Waals surface area contributed by atoms with Gasteiger partial charge in [-0.05, 0) is 37.5 Å². The third-order valence-corrected chi connectivity index (χ3v) is 5.22. The molecule has 0 unspecified atom stereocenters. The molecule has 2 saturated heterocycles. The zero-order valence-corrected chi connectivity index (χ0v) is 10.9. The van der Waals surface area contributed by atoms with Gasteiger partial charge in [0.2, 0.25) is 0 Å². The summed E-state index contributed by atoms with van der Waals surface area (Å²) < 4.78 is 5.38. The van der Waals surface area contributed by atoms with Crippen molar-refractivity contribution in [2.45, 2.75) is 32.1 Å². The van der Waals surface area contributed by atoms with E-state index in [0.29, 0.717) is 11.8 Å². The zero-order chi connectivity index (χ0) is 12.6. The first-order valence-corrected chi connectivity index (χ1v) is 7.24. The minimum absolute atomic E-state index is 0.398. The van der Waals surface area contributed by atoms with Gasteiger partial charge in [-0.25, -0.2) is 0 Å². The van der Waals surface area contributed by atoms with Crippen LogP contribution in [0.15, 0.2) is 0 Å². The Bertz CT molecular complexity index is 327. The van der Waals surface area contributed by atoms with Crippen LogP contribution in [0.3, 0.4) is 0 Å². The Labute approximate surface area is 108 Å². The fraction of sp³-hybridized carbons (Fsp3) is 0.929. The topological polar surface area (TPSA) is 49.8 Å². The maximum Gasteiger partial charge on any atom is 0.311 e. The Kier molecular flexibility index (Phi) is 3.32. The Morgan fingerprint density at radius 1 is 1.33 bits per heavy atom. The monoisotopic (exact) mass is 253 g/mol. The van der Waals surface area contributed by atoms with E-state index in [-0.39, 0.29) is 0 Å². The summed E-state index contributed by atoms with van der Waals surface area (Å²) in [7, 11) is 0. The molecule has 18 heavy (non-hydrogen) atoms. The molecular formula is C14H23NO3. The first-order valence-electron chi connectivity index (χ1n) is 7.24. The molecule has 3 fully saturated rings. The number of nitrogens with zero attached hydrogens (tertiary/aromatic N) is 1. The highest BCUT2D eigenvalue weighted by atomic mass is 16.5. The van der Waals surface area contributed by atoms with Crippen LogP contribution in [0.4, 0.5) is 0 Å². The number of likely N-dealkylation sites (tertiary alicyclic amines) is 1. The maximum atomic E-state index is 11.6. The summed E-state index contributed by atoms with van der Waals surface area (Å²) in [5, 5.41) is 9.55. The highest BCUT2D eigenvalue weighted by Gasteiger charge is 2.54. The van der Waals surface area contributed by atoms with Gasteiger partial charge in [-0.2, -0.15) is 0 Å². The quantitative estimate of drug-likeness (QED) is 0.830. The predicted octanol–water partition coefficient (Wildman–Crippen LogP) is 1.60. The second-order valence-corrected chi connectivity index (χ2v) is 6.30. The zero-order valence-electron chi connectivity index (χ0n) is 10.9. The molecule has 3 rings (SSSR count). The van der Waals surface area contributed by atoms with Gasteiger partial charge in [0.15, 0.2) is 0 Å². The molecule has 4 nitrogen and oxygen atoms in total. The van der Waals surface area contributed by atoms with Crippen LogP contribution in [-0.2, 0) is 9.53 Å². The van der Waals surface area contributed by atoms with Crippen LogP contribution in [0.25, 0.3) is 0 Å². The summed E-state index contributed by atoms with van der Waals surface area (Å²) in [6.07, 6.45) is 5.37. The SMILES string of the molecule is O=C(O)[C@@]12CCC[C@H]1CN(CC1CCOCC1)C2. The van der Waals surface area contributed by atoms with Crippen molar-refractivity contribution in [3.63, 3.8) is 0 Å². The second kappa shape index (κ2) is 4.82. The lowest BCUT2D eigenvalue weighted by Crippen LogP contribution is -2.37. The molecule has 2 heterocycles. The smallest absolute Gasteiger partial charge is 0.311 e. The third kappa shape index (κ3) is 2.05. The molecule has 0 spiro atoms. The summed E-state index contributed by atoms with van der Waals surface area (Å²) in [5.41, 5.74) is -0.412. The molecule has 0 aromatic rings. The van der Waals surface area contributed by atoms with Crippen molar-refractivity contribution in [3.05, 3.63) is 0 Å². The summed E-state index contributed by atoms with van der Waals surface area (Å²) in [5.74, 6) is 0.553. The Balaban J connectivity index is 1.62. The number of aliphatic carboxylic acids is 1. The van der Waals surface area contributed by atoms with Crippen LogP contribution in [0.2, 0.25) is 0 Å². The lowest BCUT2D eigenvalue weighted by atomic mass is 9.81. The fourth-order valence-electron chi connectivity index (χ4n) is 4.18. The van der Waals surface area contributed by atoms with Crippen molar-refractivity contribution in [1.82, 2.24) is 4.90 Å². The van der Waals surface area contributed by atoms with Gasteiger partial charge in [-0.1, -0.05) is 6.42 Å². The van der Waals surface area contributed by atoms with Gasteiger partial charge in [0.1, 0.15) is 0 Å². The summed E-state index contributed by atoms with van der Waals surface area (Å²) in [4.78, 5) is 14.0. The highest BCUT2D eigenvalue weighted by molar-refractivity contribution is 5.76. The van der Waals surface area contributed by atoms with Crippen LogP contribution in [0, 0.1) is 17.3 Å². The third-order valence-electron chi connectivity index (χ3n) is 5.22. The van der Waals surface area contributed by atoms with Gasteiger partial charge >= 0.3 is 5.97 Å². The average molecular weight is 253 g/mol. The van der Waals surface area contributed by atoms with E-state index in [1.165, 1.54) is 0 Å². The molecular weight excluding hydrogens is 230 g/mol. The normalized spacial score (nSPS) is 37.9. The van der Waals surface area contributed by atoms with Gasteiger partial charge in [0.25, 0.3) is 0 Å². The first-order chi connectivity index (χ1) is 8.71. The minimum atomic E-state index is -0.556. The largest absolute Gasteiger partial charge is 0.481 e. The first kappa shape index (κ1) is 12.4. The molecule has 1 saturated carbocycles. The summed E-state index contributed by atoms with van der Waals surface area (Å²) in [6.45, 7) is 4.63. The lowest BCUT2D eigenvalue weighted by molar-refractivity contribution is -0.149. The number of hydrogen-bond acceptors (Lipinski definition) is 3. The van der Waals surface area contributed by atoms with Gasteiger partial charge < -0.3 is 14.7 Å². The maximum absolute atomic E-state index is 11.6. The van der Waals surface area contributed by atoms with Crippen LogP contribution in [0.1, 0.15) is 32.1 Å². The van der Waals surface area contributed by atoms with Crippen LogP contribution < -0.4 is 0 Å². The molecule has 1 aliphatic carbocycles. The van der Waals surface area contributed by atoms with Gasteiger partial charge in [0.05, 0.1) is 5.41 Å². The number of carboxylic acid groups (broad SMARTS) is 1. The Hall–Kier alpha value is -0.610. The number of carboxylic acids is 1. The van der Waals surface area contributed by atoms with Crippen molar-refractivity contribution in [1.29, 1.82) is 0 Å². The number of fused-ring (bicyclic) bond motifs is 1. The molecule has 2 aliphatic heterocycles. The molecule has 2 atom stereocenters. The number of rotatable bonds is 3. The molecule has 0 bridgehead atoms. The molecule has 0 aromatic carbocycles. The number of ether oxygens (including phenoxy) is 1. The van der Waals surface area contributed by atoms with Crippen molar-refractivity contribution < 1.29 is 14.6 Å². The lowest BCUT2D eigenvalue weighted by Gasteiger charge is -2.28. The van der Waals surface area contributed by atoms with E-state index in [2.05, 4.69) is 4.90 Å². The van der Waals surface area contributed by atoms with Crippen LogP contribution in [0.5, 0.6) is 0 Å². The van der Waals surface area contributed by atoms with Gasteiger partial charge in [0, 0.05) is 32.8 Å². The number of hydrogen-bond donors (Lipinski definition) is 1. The van der Waals surface area contributed by atoms with E-state index in [0.717, 1.165) is 65.0 Å². The second-order valence-electron chi connectivity index (χ2n) is 6.30. The minimum Gasteiger partial charge on any atom is -0.481 e. The summed E-state index contributed by atoms with van der Waals surface area (Å²) >= 11 is 0. The highest BCUT2D eigenvalue weighted by Crippen LogP contribution is 2.49. The fourth-order valence-corrected chi connectivity index (χ4v) is 4.18. The van der Waals surface area contributed by atoms with E-state index < -0.39 is 11.4 Å². The Morgan fingerprint density at radius 2 is 2.11 bits per heavy atom. The van der Waals surface area contributed by atoms with Gasteiger partial charge in [-0.3, -0.25) is 4.79 Å². The molecule has 0 radical (unpaired) electrons. The van der Waals surface area contributed by atoms with Gasteiger partial charge in [-0.15, -0.1) is 0 Å². The van der Waals surface area contributed by atoms with E-state index >= 15 is 0 Å². The van der Waals surface area contributed by atoms with Crippen molar-refractivity contribution in [2.75, 3.05) is 32.8 Å². The molecule has 102 valence electrons. The summed E-state index contributed by atoms with van der Waals surface area (Å²) in [6, 6.07) is 0. The average Bonchev–Trinajstić information content (AvgIpc) is 2.87. The predicted molar refractivity (Wildman–Crippen MR) is 67.4 cm³/mol. The van der Waals surface area contributed by atoms with Crippen molar-refractivity contribution in [2.24, 2.45) is 17.3 Å². The van der Waals surface area contributed by atoms with Crippen LogP contribution in [-0.4, -0.2) is 48.8 Å². The molecule has 0 aromatic heterocycles. The molecule has 3 aliphatic rings.